The van der Waals surface area contributed by atoms with Crippen molar-refractivity contribution in [1.82, 2.24) is 0 Å². The molecule has 8 rings (SSSR count). The Morgan fingerprint density at radius 3 is 1.91 bits per heavy atom. The minimum absolute atomic E-state index is 0.0188. The van der Waals surface area contributed by atoms with Crippen molar-refractivity contribution >= 4 is 40.8 Å². The molecule has 290 valence electrons. The van der Waals surface area contributed by atoms with Gasteiger partial charge in [0.05, 0.1) is 11.5 Å². The molecule has 57 heavy (non-hydrogen) atoms. The molecule has 4 aromatic carbocycles. The van der Waals surface area contributed by atoms with E-state index in [0.29, 0.717) is 51.3 Å². The number of esters is 5. The predicted molar refractivity (Wildman–Crippen MR) is 201 cm³/mol. The maximum Gasteiger partial charge on any atom is 0.308 e. The van der Waals surface area contributed by atoms with E-state index >= 15 is 0 Å². The first-order chi connectivity index (χ1) is 27.2. The Morgan fingerprint density at radius 2 is 1.23 bits per heavy atom. The molecule has 13 heteroatoms. The standard InChI is InChI=1S/C44H36O13/c1-21-13-33-32-11-9-30(51-23(3)46)19-38(32)56-44(35-12-10-31(52-24(4)47)20-39(35)53-25(5)48)43(33)34(14-21)42-40(54-26(6)49)16-28(17-41(42)57-44)36-15-27-7-8-29(50-22(2)45)18-37(27)55-36/h7-12,14-20,33-34,43H,13H2,1-6H3/t33-,34+,43-,44-/m1/s1. The molecule has 3 aliphatic rings. The van der Waals surface area contributed by atoms with E-state index in [2.05, 4.69) is 6.08 Å². The fourth-order valence-electron chi connectivity index (χ4n) is 8.22. The average molecular weight is 773 g/mol. The summed E-state index contributed by atoms with van der Waals surface area (Å²) in [4.78, 5) is 61.1. The van der Waals surface area contributed by atoms with Crippen LogP contribution in [-0.2, 0) is 29.8 Å². The van der Waals surface area contributed by atoms with Crippen LogP contribution in [0.2, 0.25) is 0 Å². The molecule has 13 nitrogen and oxygen atoms in total. The van der Waals surface area contributed by atoms with E-state index < -0.39 is 47.5 Å². The fourth-order valence-corrected chi connectivity index (χ4v) is 8.22. The van der Waals surface area contributed by atoms with Gasteiger partial charge in [-0.2, -0.15) is 0 Å². The Bertz CT molecular complexity index is 2580. The summed E-state index contributed by atoms with van der Waals surface area (Å²) in [5.74, 6) is -3.93. The molecule has 0 bridgehead atoms. The summed E-state index contributed by atoms with van der Waals surface area (Å²) in [5.41, 5.74) is 3.68. The van der Waals surface area contributed by atoms with Crippen molar-refractivity contribution in [2.75, 3.05) is 0 Å². The molecule has 1 aromatic heterocycles. The van der Waals surface area contributed by atoms with Crippen molar-refractivity contribution in [2.24, 2.45) is 5.92 Å². The summed E-state index contributed by atoms with van der Waals surface area (Å²) in [6.45, 7) is 8.44. The van der Waals surface area contributed by atoms with Crippen LogP contribution in [0.3, 0.4) is 0 Å². The topological polar surface area (TPSA) is 163 Å². The number of carbonyl (C=O) groups is 5. The first kappa shape index (κ1) is 37.1. The van der Waals surface area contributed by atoms with Crippen LogP contribution in [0.15, 0.2) is 88.9 Å². The lowest BCUT2D eigenvalue weighted by molar-refractivity contribution is -0.198. The third-order valence-electron chi connectivity index (χ3n) is 10.0. The molecule has 0 radical (unpaired) electrons. The van der Waals surface area contributed by atoms with Crippen molar-refractivity contribution in [3.05, 3.63) is 101 Å². The molecule has 0 spiro atoms. The van der Waals surface area contributed by atoms with Gasteiger partial charge in [-0.25, -0.2) is 0 Å². The Hall–Kier alpha value is -6.89. The van der Waals surface area contributed by atoms with E-state index in [4.69, 9.17) is 37.6 Å². The molecule has 2 aliphatic heterocycles. The lowest BCUT2D eigenvalue weighted by Gasteiger charge is -2.55. The van der Waals surface area contributed by atoms with E-state index in [1.165, 1.54) is 40.7 Å². The molecule has 5 aromatic rings. The molecule has 4 atom stereocenters. The van der Waals surface area contributed by atoms with Crippen LogP contribution in [0.5, 0.6) is 40.2 Å². The van der Waals surface area contributed by atoms with Gasteiger partial charge in [-0.05, 0) is 67.4 Å². The second-order valence-corrected chi connectivity index (χ2v) is 14.3. The smallest absolute Gasteiger partial charge is 0.308 e. The zero-order chi connectivity index (χ0) is 40.3. The normalized spacial score (nSPS) is 20.0. The van der Waals surface area contributed by atoms with Crippen molar-refractivity contribution < 1.29 is 61.5 Å². The fraction of sp³-hybridized carbons (Fsp3) is 0.250. The second kappa shape index (κ2) is 14.0. The number of carbonyl (C=O) groups excluding carboxylic acids is 5. The van der Waals surface area contributed by atoms with E-state index in [-0.39, 0.29) is 34.7 Å². The molecular formula is C44H36O13. The van der Waals surface area contributed by atoms with Crippen LogP contribution < -0.4 is 33.2 Å². The number of ether oxygens (including phenoxy) is 7. The maximum atomic E-state index is 12.8. The number of fused-ring (bicyclic) bond motifs is 5. The van der Waals surface area contributed by atoms with Gasteiger partial charge in [0, 0.05) is 81.2 Å². The lowest BCUT2D eigenvalue weighted by Crippen LogP contribution is -2.56. The Balaban J connectivity index is 1.39. The molecule has 3 heterocycles. The third-order valence-corrected chi connectivity index (χ3v) is 10.0. The van der Waals surface area contributed by atoms with Gasteiger partial charge in [-0.1, -0.05) is 17.7 Å². The van der Waals surface area contributed by atoms with Crippen molar-refractivity contribution in [1.29, 1.82) is 0 Å². The highest BCUT2D eigenvalue weighted by molar-refractivity contribution is 5.86. The first-order valence-corrected chi connectivity index (χ1v) is 18.1. The van der Waals surface area contributed by atoms with Gasteiger partial charge < -0.3 is 37.6 Å². The summed E-state index contributed by atoms with van der Waals surface area (Å²) >= 11 is 0. The van der Waals surface area contributed by atoms with Crippen LogP contribution >= 0.6 is 0 Å². The monoisotopic (exact) mass is 772 g/mol. The molecule has 0 saturated heterocycles. The maximum absolute atomic E-state index is 12.8. The highest BCUT2D eigenvalue weighted by atomic mass is 16.7. The first-order valence-electron chi connectivity index (χ1n) is 18.1. The van der Waals surface area contributed by atoms with Crippen molar-refractivity contribution in [3.8, 4) is 51.6 Å². The van der Waals surface area contributed by atoms with Gasteiger partial charge in [0.1, 0.15) is 51.6 Å². The SMILES string of the molecule is CC(=O)Oc1ccc2c(c1)O[C@]1(c3ccc(OC(C)=O)cc3OC(C)=O)Oc3cc(-c4cc5ccc(OC(C)=O)cc5o4)cc(OC(C)=O)c3[C@@H]3C=C(C)C[C@H]2[C@H]31. The van der Waals surface area contributed by atoms with Crippen LogP contribution in [-0.4, -0.2) is 29.8 Å². The van der Waals surface area contributed by atoms with Gasteiger partial charge in [-0.15, -0.1) is 0 Å². The van der Waals surface area contributed by atoms with Crippen LogP contribution in [0.1, 0.15) is 76.5 Å². The summed E-state index contributed by atoms with van der Waals surface area (Å²) in [6.07, 6.45) is 2.68. The number of benzene rings is 4. The average Bonchev–Trinajstić information content (AvgIpc) is 3.53. The molecule has 0 N–H and O–H groups in total. The Kier molecular flexibility index (Phi) is 9.10. The number of furan rings is 1. The highest BCUT2D eigenvalue weighted by Gasteiger charge is 2.62. The van der Waals surface area contributed by atoms with Gasteiger partial charge in [0.2, 0.25) is 0 Å². The summed E-state index contributed by atoms with van der Waals surface area (Å²) < 4.78 is 48.4. The van der Waals surface area contributed by atoms with Gasteiger partial charge in [0.25, 0.3) is 5.79 Å². The molecule has 0 amide bonds. The molecule has 0 fully saturated rings. The highest BCUT2D eigenvalue weighted by Crippen LogP contribution is 2.65. The second-order valence-electron chi connectivity index (χ2n) is 14.3. The van der Waals surface area contributed by atoms with Gasteiger partial charge >= 0.3 is 29.8 Å². The predicted octanol–water partition coefficient (Wildman–Crippen LogP) is 8.20. The van der Waals surface area contributed by atoms with E-state index in [1.807, 2.05) is 13.0 Å². The number of allylic oxidation sites excluding steroid dienone is 2. The number of rotatable bonds is 7. The van der Waals surface area contributed by atoms with E-state index in [9.17, 15) is 24.0 Å². The van der Waals surface area contributed by atoms with Crippen LogP contribution in [0.4, 0.5) is 0 Å². The van der Waals surface area contributed by atoms with Crippen LogP contribution in [0.25, 0.3) is 22.3 Å². The minimum atomic E-state index is -1.75. The number of hydrogen-bond acceptors (Lipinski definition) is 13. The molecular weight excluding hydrogens is 736 g/mol. The zero-order valence-corrected chi connectivity index (χ0v) is 31.8. The third kappa shape index (κ3) is 6.85. The zero-order valence-electron chi connectivity index (χ0n) is 31.8. The summed E-state index contributed by atoms with van der Waals surface area (Å²) in [5, 5.41) is 0.716. The van der Waals surface area contributed by atoms with Crippen molar-refractivity contribution in [2.45, 2.75) is 65.6 Å². The quantitative estimate of drug-likeness (QED) is 0.0885. The largest absolute Gasteiger partial charge is 0.456 e. The van der Waals surface area contributed by atoms with Gasteiger partial charge in [-0.3, -0.25) is 24.0 Å². The van der Waals surface area contributed by atoms with E-state index in [1.54, 1.807) is 60.7 Å². The molecule has 1 aliphatic carbocycles. The minimum Gasteiger partial charge on any atom is -0.456 e. The van der Waals surface area contributed by atoms with Crippen LogP contribution in [0, 0.1) is 5.92 Å². The van der Waals surface area contributed by atoms with Gasteiger partial charge in [0.15, 0.2) is 0 Å². The van der Waals surface area contributed by atoms with E-state index in [0.717, 1.165) is 11.1 Å². The molecule has 0 saturated carbocycles. The summed E-state index contributed by atoms with van der Waals surface area (Å²) in [7, 11) is 0. The number of hydrogen-bond donors (Lipinski definition) is 0. The van der Waals surface area contributed by atoms with Crippen molar-refractivity contribution in [3.63, 3.8) is 0 Å². The molecule has 0 unspecified atom stereocenters. The Labute approximate surface area is 326 Å². The lowest BCUT2D eigenvalue weighted by atomic mass is 9.61. The summed E-state index contributed by atoms with van der Waals surface area (Å²) in [6, 6.07) is 20.1. The Morgan fingerprint density at radius 1 is 0.632 bits per heavy atom.